The number of hydrogen-bond acceptors (Lipinski definition) is 5. The largest absolute Gasteiger partial charge is 0.455 e. The van der Waals surface area contributed by atoms with Crippen LogP contribution in [0.25, 0.3) is 80.7 Å². The second-order valence-electron chi connectivity index (χ2n) is 14.8. The van der Waals surface area contributed by atoms with E-state index in [0.29, 0.717) is 0 Å². The lowest BCUT2D eigenvalue weighted by atomic mass is 10.00. The van der Waals surface area contributed by atoms with Crippen molar-refractivity contribution >= 4 is 81.1 Å². The third kappa shape index (κ3) is 5.15. The second kappa shape index (κ2) is 12.8. The Bertz CT molecular complexity index is 3320. The van der Waals surface area contributed by atoms with E-state index in [1.165, 1.54) is 47.7 Å². The first kappa shape index (κ1) is 32.3. The topological polar surface area (TPSA) is 54.5 Å². The standard InChI is InChI=1S/C51H34N4OS/c1-3-13-31(14-4-1)49-52-50(32-15-5-2-6-16-32)54-51(53-49)34-26-28-44-40(29-34)38-20-11-19-35(48(38)56-44)33-25-27-39-46(30-33)57-45-24-12-23-43(47(39)45)55-41-21-9-7-17-36(41)37-18-8-10-22-42(37)55/h1-30,49-50,52H,(H,53,54). The molecule has 0 amide bonds. The second-order valence-corrected chi connectivity index (χ2v) is 15.9. The fourth-order valence-electron chi connectivity index (χ4n) is 8.85. The maximum Gasteiger partial charge on any atom is 0.143 e. The van der Waals surface area contributed by atoms with Crippen LogP contribution in [0, 0.1) is 0 Å². The van der Waals surface area contributed by atoms with Crippen molar-refractivity contribution in [2.75, 3.05) is 0 Å². The Morgan fingerprint density at radius 1 is 0.526 bits per heavy atom. The predicted octanol–water partition coefficient (Wildman–Crippen LogP) is 13.1. The van der Waals surface area contributed by atoms with Crippen LogP contribution in [0.15, 0.2) is 191 Å². The molecule has 1 aliphatic rings. The van der Waals surface area contributed by atoms with Gasteiger partial charge in [0, 0.05) is 52.8 Å². The molecule has 6 heteroatoms. The summed E-state index contributed by atoms with van der Waals surface area (Å²) in [5.74, 6) is 0.847. The van der Waals surface area contributed by atoms with Crippen LogP contribution in [-0.4, -0.2) is 10.4 Å². The maximum absolute atomic E-state index is 6.71. The summed E-state index contributed by atoms with van der Waals surface area (Å²) >= 11 is 1.85. The van der Waals surface area contributed by atoms with Gasteiger partial charge in [0.1, 0.15) is 29.3 Å². The zero-order chi connectivity index (χ0) is 37.5. The van der Waals surface area contributed by atoms with Gasteiger partial charge >= 0.3 is 0 Å². The third-order valence-corrected chi connectivity index (χ3v) is 12.6. The Morgan fingerprint density at radius 3 is 2.00 bits per heavy atom. The number of aliphatic imine (C=N–C) groups is 1. The highest BCUT2D eigenvalue weighted by molar-refractivity contribution is 7.26. The van der Waals surface area contributed by atoms with E-state index in [9.17, 15) is 0 Å². The number of thiophene rings is 1. The molecule has 2 unspecified atom stereocenters. The van der Waals surface area contributed by atoms with Crippen molar-refractivity contribution in [3.05, 3.63) is 199 Å². The summed E-state index contributed by atoms with van der Waals surface area (Å²) in [7, 11) is 0. The first-order valence-corrected chi connectivity index (χ1v) is 20.2. The number of fused-ring (bicyclic) bond motifs is 9. The van der Waals surface area contributed by atoms with Crippen LogP contribution in [0.4, 0.5) is 0 Å². The van der Waals surface area contributed by atoms with Gasteiger partial charge in [-0.2, -0.15) is 0 Å². The molecule has 0 fully saturated rings. The maximum atomic E-state index is 6.71. The minimum Gasteiger partial charge on any atom is -0.455 e. The summed E-state index contributed by atoms with van der Waals surface area (Å²) in [6.45, 7) is 0. The molecular formula is C51H34N4OS. The normalized spacial score (nSPS) is 15.9. The number of para-hydroxylation sites is 3. The van der Waals surface area contributed by atoms with Crippen LogP contribution in [0.2, 0.25) is 0 Å². The van der Waals surface area contributed by atoms with E-state index in [2.05, 4.69) is 185 Å². The Labute approximate surface area is 332 Å². The molecule has 5 nitrogen and oxygen atoms in total. The van der Waals surface area contributed by atoms with E-state index in [1.54, 1.807) is 0 Å². The molecule has 1 aliphatic heterocycles. The zero-order valence-electron chi connectivity index (χ0n) is 30.7. The van der Waals surface area contributed by atoms with Crippen LogP contribution in [0.3, 0.4) is 0 Å². The quantitative estimate of drug-likeness (QED) is 0.184. The number of furan rings is 1. The van der Waals surface area contributed by atoms with Crippen LogP contribution >= 0.6 is 11.3 Å². The molecule has 0 radical (unpaired) electrons. The number of hydrogen-bond donors (Lipinski definition) is 2. The van der Waals surface area contributed by atoms with Gasteiger partial charge in [-0.05, 0) is 65.2 Å². The van der Waals surface area contributed by atoms with Crippen molar-refractivity contribution in [3.8, 4) is 16.8 Å². The summed E-state index contributed by atoms with van der Waals surface area (Å²) in [6, 6.07) is 64.9. The van der Waals surface area contributed by atoms with E-state index in [1.807, 2.05) is 23.5 Å². The molecule has 2 N–H and O–H groups in total. The van der Waals surface area contributed by atoms with E-state index >= 15 is 0 Å². The van der Waals surface area contributed by atoms with Crippen molar-refractivity contribution in [2.24, 2.45) is 4.99 Å². The Kier molecular flexibility index (Phi) is 7.24. The molecule has 4 heterocycles. The van der Waals surface area contributed by atoms with Gasteiger partial charge in [-0.15, -0.1) is 11.3 Å². The molecule has 12 rings (SSSR count). The van der Waals surface area contributed by atoms with Gasteiger partial charge in [0.15, 0.2) is 0 Å². The molecule has 270 valence electrons. The molecule has 0 saturated carbocycles. The van der Waals surface area contributed by atoms with Crippen LogP contribution in [0.5, 0.6) is 0 Å². The summed E-state index contributed by atoms with van der Waals surface area (Å²) in [4.78, 5) is 5.20. The molecule has 8 aromatic carbocycles. The third-order valence-electron chi connectivity index (χ3n) is 11.5. The first-order valence-electron chi connectivity index (χ1n) is 19.4. The van der Waals surface area contributed by atoms with E-state index in [0.717, 1.165) is 55.6 Å². The number of benzene rings is 8. The summed E-state index contributed by atoms with van der Waals surface area (Å²) in [6.07, 6.45) is -0.299. The van der Waals surface area contributed by atoms with E-state index in [-0.39, 0.29) is 12.3 Å². The van der Waals surface area contributed by atoms with E-state index in [4.69, 9.17) is 9.41 Å². The van der Waals surface area contributed by atoms with Crippen LogP contribution < -0.4 is 10.6 Å². The number of aromatic nitrogens is 1. The Balaban J connectivity index is 0.963. The first-order chi connectivity index (χ1) is 28.2. The van der Waals surface area contributed by atoms with Gasteiger partial charge in [0.25, 0.3) is 0 Å². The zero-order valence-corrected chi connectivity index (χ0v) is 31.5. The number of nitrogens with zero attached hydrogens (tertiary/aromatic N) is 2. The molecule has 0 saturated heterocycles. The van der Waals surface area contributed by atoms with Crippen molar-refractivity contribution < 1.29 is 4.42 Å². The minimum absolute atomic E-state index is 0.103. The average Bonchev–Trinajstić information content (AvgIpc) is 3.96. The van der Waals surface area contributed by atoms with Crippen molar-refractivity contribution in [1.29, 1.82) is 0 Å². The highest BCUT2D eigenvalue weighted by Gasteiger charge is 2.26. The number of rotatable bonds is 5. The fourth-order valence-corrected chi connectivity index (χ4v) is 10.0. The minimum atomic E-state index is -0.196. The van der Waals surface area contributed by atoms with Crippen LogP contribution in [-0.2, 0) is 0 Å². The van der Waals surface area contributed by atoms with Crippen molar-refractivity contribution in [3.63, 3.8) is 0 Å². The molecule has 2 atom stereocenters. The van der Waals surface area contributed by atoms with E-state index < -0.39 is 0 Å². The lowest BCUT2D eigenvalue weighted by Gasteiger charge is -2.32. The number of amidine groups is 1. The van der Waals surface area contributed by atoms with Gasteiger partial charge in [-0.25, -0.2) is 4.99 Å². The average molecular weight is 751 g/mol. The predicted molar refractivity (Wildman–Crippen MR) is 238 cm³/mol. The number of nitrogens with one attached hydrogen (secondary N) is 2. The van der Waals surface area contributed by atoms with Crippen molar-refractivity contribution in [2.45, 2.75) is 12.3 Å². The molecule has 0 spiro atoms. The molecule has 3 aromatic heterocycles. The van der Waals surface area contributed by atoms with Gasteiger partial charge < -0.3 is 14.3 Å². The summed E-state index contributed by atoms with van der Waals surface area (Å²) < 4.78 is 11.7. The summed E-state index contributed by atoms with van der Waals surface area (Å²) in [5, 5.41) is 14.6. The Morgan fingerprint density at radius 2 is 1.21 bits per heavy atom. The van der Waals surface area contributed by atoms with Gasteiger partial charge in [-0.3, -0.25) is 5.32 Å². The monoisotopic (exact) mass is 750 g/mol. The van der Waals surface area contributed by atoms with Gasteiger partial charge in [-0.1, -0.05) is 133 Å². The van der Waals surface area contributed by atoms with Gasteiger partial charge in [0.05, 0.1) is 16.7 Å². The Hall–Kier alpha value is -6.99. The lowest BCUT2D eigenvalue weighted by molar-refractivity contribution is 0.409. The molecule has 0 aliphatic carbocycles. The molecule has 11 aromatic rings. The van der Waals surface area contributed by atoms with Crippen LogP contribution in [0.1, 0.15) is 29.0 Å². The SMILES string of the molecule is c1ccc(C2N=C(c3ccc4oc5c(-c6ccc7c(c6)sc6cccc(-n8c9ccccc9c9ccccc98)c67)cccc5c4c3)NC(c3ccccc3)N2)cc1. The molecule has 0 bridgehead atoms. The highest BCUT2D eigenvalue weighted by atomic mass is 32.1. The summed E-state index contributed by atoms with van der Waals surface area (Å²) in [5.41, 5.74) is 10.9. The molecular weight excluding hydrogens is 717 g/mol. The van der Waals surface area contributed by atoms with Crippen molar-refractivity contribution in [1.82, 2.24) is 15.2 Å². The van der Waals surface area contributed by atoms with Gasteiger partial charge in [0.2, 0.25) is 0 Å². The molecule has 57 heavy (non-hydrogen) atoms. The lowest BCUT2D eigenvalue weighted by Crippen LogP contribution is -2.44. The fraction of sp³-hybridized carbons (Fsp3) is 0.0392. The smallest absolute Gasteiger partial charge is 0.143 e. The highest BCUT2D eigenvalue weighted by Crippen LogP contribution is 2.43.